The van der Waals surface area contributed by atoms with Crippen molar-refractivity contribution in [2.24, 2.45) is 0 Å². The number of hydrogen-bond donors (Lipinski definition) is 2. The number of aryl methyl sites for hydroxylation is 2. The van der Waals surface area contributed by atoms with E-state index in [0.717, 1.165) is 22.4 Å². The summed E-state index contributed by atoms with van der Waals surface area (Å²) >= 11 is 5.97. The molecule has 0 atom stereocenters. The molecule has 26 heavy (non-hydrogen) atoms. The Hall–Kier alpha value is -2.53. The molecule has 0 heterocycles. The maximum Gasteiger partial charge on any atom is 0.258 e. The van der Waals surface area contributed by atoms with E-state index in [1.807, 2.05) is 32.9 Å². The van der Waals surface area contributed by atoms with Gasteiger partial charge in [-0.15, -0.1) is 0 Å². The first-order chi connectivity index (χ1) is 12.4. The Labute approximate surface area is 158 Å². The van der Waals surface area contributed by atoms with Gasteiger partial charge in [-0.25, -0.2) is 0 Å². The summed E-state index contributed by atoms with van der Waals surface area (Å²) in [5.41, 5.74) is 3.56. The quantitative estimate of drug-likeness (QED) is 0.731. The van der Waals surface area contributed by atoms with Crippen molar-refractivity contribution in [3.05, 3.63) is 63.7 Å². The summed E-state index contributed by atoms with van der Waals surface area (Å²) < 4.78 is 5.66. The number of hydrogen-bond acceptors (Lipinski definition) is 3. The molecule has 2 amide bonds. The summed E-state index contributed by atoms with van der Waals surface area (Å²) in [6.45, 7) is 6.47. The number of carbonyl (C=O) groups excluding carboxylic acids is 2. The van der Waals surface area contributed by atoms with Crippen LogP contribution in [0.3, 0.4) is 0 Å². The molecule has 0 saturated heterocycles. The number of rotatable bonds is 7. The summed E-state index contributed by atoms with van der Waals surface area (Å²) in [5.74, 6) is 0.233. The zero-order valence-electron chi connectivity index (χ0n) is 15.2. The molecule has 2 N–H and O–H groups in total. The fourth-order valence-electron chi connectivity index (χ4n) is 2.45. The van der Waals surface area contributed by atoms with Crippen LogP contribution in [0, 0.1) is 20.8 Å². The van der Waals surface area contributed by atoms with Gasteiger partial charge < -0.3 is 15.4 Å². The SMILES string of the molecule is Cc1ccc(C)c(OCC(=O)NCCNC(=O)c2ccccc2Cl)c1C. The second kappa shape index (κ2) is 9.25. The highest BCUT2D eigenvalue weighted by atomic mass is 35.5. The third-order valence-corrected chi connectivity index (χ3v) is 4.40. The number of amides is 2. The van der Waals surface area contributed by atoms with Crippen LogP contribution in [0.5, 0.6) is 5.75 Å². The molecule has 0 aliphatic rings. The normalized spacial score (nSPS) is 10.3. The zero-order chi connectivity index (χ0) is 19.1. The molecular weight excluding hydrogens is 352 g/mol. The van der Waals surface area contributed by atoms with Crippen LogP contribution in [0.25, 0.3) is 0 Å². The molecular formula is C20H23ClN2O3. The lowest BCUT2D eigenvalue weighted by atomic mass is 10.1. The predicted octanol–water partition coefficient (Wildman–Crippen LogP) is 3.19. The van der Waals surface area contributed by atoms with Gasteiger partial charge in [-0.3, -0.25) is 9.59 Å². The van der Waals surface area contributed by atoms with Crippen molar-refractivity contribution in [3.8, 4) is 5.75 Å². The van der Waals surface area contributed by atoms with E-state index in [0.29, 0.717) is 23.7 Å². The van der Waals surface area contributed by atoms with Crippen LogP contribution in [-0.2, 0) is 4.79 Å². The van der Waals surface area contributed by atoms with E-state index in [1.165, 1.54) is 0 Å². The van der Waals surface area contributed by atoms with Crippen LogP contribution >= 0.6 is 11.6 Å². The molecule has 0 saturated carbocycles. The van der Waals surface area contributed by atoms with Crippen molar-refractivity contribution in [3.63, 3.8) is 0 Å². The third-order valence-electron chi connectivity index (χ3n) is 4.07. The first-order valence-electron chi connectivity index (χ1n) is 8.39. The van der Waals surface area contributed by atoms with E-state index in [4.69, 9.17) is 16.3 Å². The predicted molar refractivity (Wildman–Crippen MR) is 103 cm³/mol. The van der Waals surface area contributed by atoms with E-state index < -0.39 is 0 Å². The number of nitrogens with one attached hydrogen (secondary N) is 2. The van der Waals surface area contributed by atoms with Crippen molar-refractivity contribution in [1.82, 2.24) is 10.6 Å². The van der Waals surface area contributed by atoms with E-state index in [-0.39, 0.29) is 18.4 Å². The van der Waals surface area contributed by atoms with Gasteiger partial charge in [-0.1, -0.05) is 35.9 Å². The Bertz CT molecular complexity index is 806. The molecule has 5 nitrogen and oxygen atoms in total. The molecule has 0 spiro atoms. The first-order valence-corrected chi connectivity index (χ1v) is 8.77. The van der Waals surface area contributed by atoms with Gasteiger partial charge in [-0.05, 0) is 49.6 Å². The van der Waals surface area contributed by atoms with Crippen molar-refractivity contribution in [1.29, 1.82) is 0 Å². The highest BCUT2D eigenvalue weighted by Gasteiger charge is 2.10. The third kappa shape index (κ3) is 5.23. The van der Waals surface area contributed by atoms with Gasteiger partial charge in [0.1, 0.15) is 5.75 Å². The second-order valence-electron chi connectivity index (χ2n) is 6.03. The average molecular weight is 375 g/mol. The minimum absolute atomic E-state index is 0.0659. The number of halogens is 1. The molecule has 0 aliphatic carbocycles. The summed E-state index contributed by atoms with van der Waals surface area (Å²) in [5, 5.41) is 5.83. The lowest BCUT2D eigenvalue weighted by Crippen LogP contribution is -2.36. The average Bonchev–Trinajstić information content (AvgIpc) is 2.62. The van der Waals surface area contributed by atoms with Crippen LogP contribution in [0.15, 0.2) is 36.4 Å². The molecule has 0 unspecified atom stereocenters. The van der Waals surface area contributed by atoms with E-state index in [9.17, 15) is 9.59 Å². The van der Waals surface area contributed by atoms with Gasteiger partial charge >= 0.3 is 0 Å². The summed E-state index contributed by atoms with van der Waals surface area (Å²) in [6.07, 6.45) is 0. The monoisotopic (exact) mass is 374 g/mol. The van der Waals surface area contributed by atoms with Crippen LogP contribution in [0.4, 0.5) is 0 Å². The number of carbonyl (C=O) groups is 2. The number of benzene rings is 2. The van der Waals surface area contributed by atoms with Gasteiger partial charge in [0.2, 0.25) is 0 Å². The molecule has 0 bridgehead atoms. The topological polar surface area (TPSA) is 67.4 Å². The molecule has 0 aromatic heterocycles. The Morgan fingerprint density at radius 2 is 1.62 bits per heavy atom. The van der Waals surface area contributed by atoms with Gasteiger partial charge in [0, 0.05) is 13.1 Å². The van der Waals surface area contributed by atoms with Crippen LogP contribution in [0.1, 0.15) is 27.0 Å². The minimum atomic E-state index is -0.271. The van der Waals surface area contributed by atoms with E-state index >= 15 is 0 Å². The standard InChI is InChI=1S/C20H23ClN2O3/c1-13-8-9-14(2)19(15(13)3)26-12-18(24)22-10-11-23-20(25)16-6-4-5-7-17(16)21/h4-9H,10-12H2,1-3H3,(H,22,24)(H,23,25). The highest BCUT2D eigenvalue weighted by molar-refractivity contribution is 6.33. The highest BCUT2D eigenvalue weighted by Crippen LogP contribution is 2.25. The molecule has 138 valence electrons. The fraction of sp³-hybridized carbons (Fsp3) is 0.300. The summed E-state index contributed by atoms with van der Waals surface area (Å²) in [4.78, 5) is 23.9. The molecule has 0 aliphatic heterocycles. The van der Waals surface area contributed by atoms with Gasteiger partial charge in [0.25, 0.3) is 11.8 Å². The van der Waals surface area contributed by atoms with Gasteiger partial charge in [0.05, 0.1) is 10.6 Å². The van der Waals surface area contributed by atoms with Crippen molar-refractivity contribution in [2.45, 2.75) is 20.8 Å². The molecule has 2 aromatic rings. The smallest absolute Gasteiger partial charge is 0.258 e. The lowest BCUT2D eigenvalue weighted by molar-refractivity contribution is -0.123. The second-order valence-corrected chi connectivity index (χ2v) is 6.44. The lowest BCUT2D eigenvalue weighted by Gasteiger charge is -2.14. The number of ether oxygens (including phenoxy) is 1. The van der Waals surface area contributed by atoms with Gasteiger partial charge in [0.15, 0.2) is 6.61 Å². The zero-order valence-corrected chi connectivity index (χ0v) is 15.9. The van der Waals surface area contributed by atoms with Crippen LogP contribution in [-0.4, -0.2) is 31.5 Å². The van der Waals surface area contributed by atoms with E-state index in [1.54, 1.807) is 24.3 Å². The first kappa shape index (κ1) is 19.8. The van der Waals surface area contributed by atoms with Crippen molar-refractivity contribution < 1.29 is 14.3 Å². The van der Waals surface area contributed by atoms with Crippen LogP contribution < -0.4 is 15.4 Å². The summed E-state index contributed by atoms with van der Waals surface area (Å²) in [7, 11) is 0. The van der Waals surface area contributed by atoms with Crippen molar-refractivity contribution >= 4 is 23.4 Å². The van der Waals surface area contributed by atoms with Gasteiger partial charge in [-0.2, -0.15) is 0 Å². The molecule has 6 heteroatoms. The van der Waals surface area contributed by atoms with E-state index in [2.05, 4.69) is 10.6 Å². The maximum absolute atomic E-state index is 12.0. The Kier molecular flexibility index (Phi) is 7.04. The molecule has 2 rings (SSSR count). The van der Waals surface area contributed by atoms with Crippen molar-refractivity contribution in [2.75, 3.05) is 19.7 Å². The molecule has 0 radical (unpaired) electrons. The Balaban J connectivity index is 1.74. The fourth-order valence-corrected chi connectivity index (χ4v) is 2.68. The Morgan fingerprint density at radius 1 is 0.962 bits per heavy atom. The largest absolute Gasteiger partial charge is 0.483 e. The van der Waals surface area contributed by atoms with Crippen LogP contribution in [0.2, 0.25) is 5.02 Å². The Morgan fingerprint density at radius 3 is 2.35 bits per heavy atom. The molecule has 0 fully saturated rings. The summed E-state index contributed by atoms with van der Waals surface area (Å²) in [6, 6.07) is 10.8. The maximum atomic E-state index is 12.0. The molecule has 2 aromatic carbocycles. The minimum Gasteiger partial charge on any atom is -0.483 e.